The third-order valence-electron chi connectivity index (χ3n) is 4.19. The first-order valence-electron chi connectivity index (χ1n) is 8.30. The van der Waals surface area contributed by atoms with E-state index in [9.17, 15) is 13.6 Å². The van der Waals surface area contributed by atoms with Gasteiger partial charge in [0.2, 0.25) is 0 Å². The Bertz CT molecular complexity index is 869. The Labute approximate surface area is 149 Å². The number of halogens is 2. The van der Waals surface area contributed by atoms with Crippen LogP contribution in [0.15, 0.2) is 35.3 Å². The fourth-order valence-corrected chi connectivity index (χ4v) is 2.84. The van der Waals surface area contributed by atoms with Crippen LogP contribution in [0.3, 0.4) is 0 Å². The first-order chi connectivity index (χ1) is 12.4. The molecule has 0 aliphatic heterocycles. The molecule has 0 bridgehead atoms. The van der Waals surface area contributed by atoms with Crippen LogP contribution in [-0.2, 0) is 0 Å². The van der Waals surface area contributed by atoms with Crippen molar-refractivity contribution in [3.63, 3.8) is 0 Å². The highest BCUT2D eigenvalue weighted by molar-refractivity contribution is 5.99. The molecule has 0 spiro atoms. The van der Waals surface area contributed by atoms with E-state index in [2.05, 4.69) is 15.3 Å². The van der Waals surface area contributed by atoms with Crippen molar-refractivity contribution in [1.29, 1.82) is 0 Å². The second kappa shape index (κ2) is 7.57. The van der Waals surface area contributed by atoms with Crippen LogP contribution in [0.5, 0.6) is 0 Å². The maximum absolute atomic E-state index is 14.4. The van der Waals surface area contributed by atoms with E-state index in [1.54, 1.807) is 6.07 Å². The molecule has 6 nitrogen and oxygen atoms in total. The summed E-state index contributed by atoms with van der Waals surface area (Å²) in [6, 6.07) is 6.32. The Morgan fingerprint density at radius 2 is 2.08 bits per heavy atom. The van der Waals surface area contributed by atoms with Crippen molar-refractivity contribution in [1.82, 2.24) is 4.98 Å². The fraction of sp³-hybridized carbons (Fsp3) is 0.278. The minimum absolute atomic E-state index is 0.00762. The van der Waals surface area contributed by atoms with Crippen LogP contribution >= 0.6 is 0 Å². The Morgan fingerprint density at radius 1 is 1.27 bits per heavy atom. The Morgan fingerprint density at radius 3 is 2.77 bits per heavy atom. The van der Waals surface area contributed by atoms with Crippen molar-refractivity contribution < 1.29 is 13.6 Å². The van der Waals surface area contributed by atoms with E-state index in [1.165, 1.54) is 18.2 Å². The van der Waals surface area contributed by atoms with Crippen molar-refractivity contribution in [3.05, 3.63) is 47.5 Å². The number of nitrogens with zero attached hydrogens (tertiary/aromatic N) is 2. The summed E-state index contributed by atoms with van der Waals surface area (Å²) in [7, 11) is 0. The van der Waals surface area contributed by atoms with E-state index in [-0.39, 0.29) is 23.2 Å². The SMILES string of the molecule is NC(=O)c1cc(F)c(N=C2CCCC[C@@H]2N)nc1Nc1cccc(F)c1. The number of pyridine rings is 1. The second-order valence-corrected chi connectivity index (χ2v) is 6.14. The number of nitrogens with one attached hydrogen (secondary N) is 1. The molecule has 0 radical (unpaired) electrons. The number of aromatic nitrogens is 1. The number of primary amides is 1. The van der Waals surface area contributed by atoms with E-state index in [0.717, 1.165) is 25.3 Å². The van der Waals surface area contributed by atoms with Gasteiger partial charge in [-0.25, -0.2) is 18.8 Å². The molecule has 1 heterocycles. The molecule has 136 valence electrons. The predicted octanol–water partition coefficient (Wildman–Crippen LogP) is 3.18. The normalized spacial score (nSPS) is 18.7. The number of amides is 1. The van der Waals surface area contributed by atoms with Gasteiger partial charge in [-0.2, -0.15) is 0 Å². The highest BCUT2D eigenvalue weighted by atomic mass is 19.1. The standard InChI is InChI=1S/C18H19F2N5O/c19-10-4-3-5-11(8-10)23-17-12(16(22)26)9-13(20)18(25-17)24-15-7-2-1-6-14(15)21/h3-5,8-9,14H,1-2,6-7,21H2,(H2,22,26)(H,23,25)/t14-/m0/s1. The van der Waals surface area contributed by atoms with Crippen LogP contribution in [0, 0.1) is 11.6 Å². The maximum Gasteiger partial charge on any atom is 0.252 e. The highest BCUT2D eigenvalue weighted by Crippen LogP contribution is 2.27. The van der Waals surface area contributed by atoms with Gasteiger partial charge >= 0.3 is 0 Å². The zero-order chi connectivity index (χ0) is 18.7. The molecule has 0 saturated heterocycles. The van der Waals surface area contributed by atoms with Crippen molar-refractivity contribution in [3.8, 4) is 0 Å². The molecule has 1 aromatic carbocycles. The molecule has 3 rings (SSSR count). The number of rotatable bonds is 4. The van der Waals surface area contributed by atoms with Gasteiger partial charge in [-0.3, -0.25) is 4.79 Å². The third kappa shape index (κ3) is 4.02. The molecule has 1 amide bonds. The molecule has 1 aliphatic carbocycles. The monoisotopic (exact) mass is 359 g/mol. The molecular weight excluding hydrogens is 340 g/mol. The predicted molar refractivity (Wildman–Crippen MR) is 95.9 cm³/mol. The minimum atomic E-state index is -0.858. The molecule has 1 fully saturated rings. The molecule has 0 unspecified atom stereocenters. The van der Waals surface area contributed by atoms with E-state index < -0.39 is 17.5 Å². The summed E-state index contributed by atoms with van der Waals surface area (Å²) in [5.74, 6) is -2.27. The van der Waals surface area contributed by atoms with Crippen LogP contribution in [-0.4, -0.2) is 22.6 Å². The number of anilines is 2. The summed E-state index contributed by atoms with van der Waals surface area (Å²) in [5, 5.41) is 2.79. The van der Waals surface area contributed by atoms with Gasteiger partial charge in [0.1, 0.15) is 11.6 Å². The van der Waals surface area contributed by atoms with Crippen molar-refractivity contribution in [2.75, 3.05) is 5.32 Å². The zero-order valence-electron chi connectivity index (χ0n) is 14.0. The Kier molecular flexibility index (Phi) is 5.22. The topological polar surface area (TPSA) is 106 Å². The van der Waals surface area contributed by atoms with E-state index in [4.69, 9.17) is 11.5 Å². The van der Waals surface area contributed by atoms with Gasteiger partial charge in [-0.05, 0) is 43.5 Å². The highest BCUT2D eigenvalue weighted by Gasteiger charge is 2.20. The summed E-state index contributed by atoms with van der Waals surface area (Å²) in [6.07, 6.45) is 3.39. The molecule has 26 heavy (non-hydrogen) atoms. The lowest BCUT2D eigenvalue weighted by atomic mass is 9.94. The lowest BCUT2D eigenvalue weighted by Gasteiger charge is -2.20. The minimum Gasteiger partial charge on any atom is -0.365 e. The second-order valence-electron chi connectivity index (χ2n) is 6.14. The van der Waals surface area contributed by atoms with Crippen molar-refractivity contribution in [2.45, 2.75) is 31.7 Å². The fourth-order valence-electron chi connectivity index (χ4n) is 2.84. The Balaban J connectivity index is 2.01. The number of carbonyl (C=O) groups excluding carboxylic acids is 1. The first kappa shape index (κ1) is 17.9. The van der Waals surface area contributed by atoms with E-state index >= 15 is 0 Å². The third-order valence-corrected chi connectivity index (χ3v) is 4.19. The van der Waals surface area contributed by atoms with Crippen LogP contribution < -0.4 is 16.8 Å². The molecule has 1 aromatic heterocycles. The van der Waals surface area contributed by atoms with Crippen molar-refractivity contribution >= 4 is 28.9 Å². The lowest BCUT2D eigenvalue weighted by molar-refractivity contribution is 0.100. The van der Waals surface area contributed by atoms with Crippen LogP contribution in [0.2, 0.25) is 0 Å². The van der Waals surface area contributed by atoms with E-state index in [1.807, 2.05) is 0 Å². The van der Waals surface area contributed by atoms with Crippen LogP contribution in [0.4, 0.5) is 26.1 Å². The van der Waals surface area contributed by atoms with Gasteiger partial charge in [0.25, 0.3) is 5.91 Å². The number of carbonyl (C=O) groups is 1. The lowest BCUT2D eigenvalue weighted by Crippen LogP contribution is -2.33. The Hall–Kier alpha value is -2.87. The van der Waals surface area contributed by atoms with Crippen molar-refractivity contribution in [2.24, 2.45) is 16.5 Å². The molecule has 2 aromatic rings. The van der Waals surface area contributed by atoms with Gasteiger partial charge in [-0.15, -0.1) is 0 Å². The molecule has 8 heteroatoms. The molecular formula is C18H19F2N5O. The average molecular weight is 359 g/mol. The number of benzene rings is 1. The number of hydrogen-bond donors (Lipinski definition) is 3. The maximum atomic E-state index is 14.4. The van der Waals surface area contributed by atoms with Gasteiger partial charge < -0.3 is 16.8 Å². The summed E-state index contributed by atoms with van der Waals surface area (Å²) < 4.78 is 27.7. The zero-order valence-corrected chi connectivity index (χ0v) is 14.0. The molecule has 5 N–H and O–H groups in total. The quantitative estimate of drug-likeness (QED) is 0.779. The molecule has 1 atom stereocenters. The van der Waals surface area contributed by atoms with E-state index in [0.29, 0.717) is 17.8 Å². The largest absolute Gasteiger partial charge is 0.365 e. The van der Waals surface area contributed by atoms with Gasteiger partial charge in [0.15, 0.2) is 11.6 Å². The summed E-state index contributed by atoms with van der Waals surface area (Å²) in [6.45, 7) is 0. The smallest absolute Gasteiger partial charge is 0.252 e. The first-order valence-corrected chi connectivity index (χ1v) is 8.30. The van der Waals surface area contributed by atoms with Crippen LogP contribution in [0.1, 0.15) is 36.0 Å². The number of nitrogens with two attached hydrogens (primary N) is 2. The summed E-state index contributed by atoms with van der Waals surface area (Å²) in [4.78, 5) is 20.0. The average Bonchev–Trinajstić information content (AvgIpc) is 2.59. The number of hydrogen-bond acceptors (Lipinski definition) is 5. The van der Waals surface area contributed by atoms with Gasteiger partial charge in [0.05, 0.1) is 5.56 Å². The number of aliphatic imine (C=N–C) groups is 1. The van der Waals surface area contributed by atoms with Crippen LogP contribution in [0.25, 0.3) is 0 Å². The molecule has 1 aliphatic rings. The van der Waals surface area contributed by atoms with Gasteiger partial charge in [-0.1, -0.05) is 12.5 Å². The van der Waals surface area contributed by atoms with Gasteiger partial charge in [0, 0.05) is 17.4 Å². The molecule has 1 saturated carbocycles. The summed E-state index contributed by atoms with van der Waals surface area (Å²) in [5.41, 5.74) is 12.2. The summed E-state index contributed by atoms with van der Waals surface area (Å²) >= 11 is 0.